The van der Waals surface area contributed by atoms with Gasteiger partial charge < -0.3 is 15.1 Å². The second kappa shape index (κ2) is 7.75. The van der Waals surface area contributed by atoms with Crippen LogP contribution in [0.15, 0.2) is 0 Å². The lowest BCUT2D eigenvalue weighted by molar-refractivity contribution is -0.140. The molecule has 2 aliphatic rings. The molecule has 0 radical (unpaired) electrons. The third-order valence-electron chi connectivity index (χ3n) is 5.54. The average Bonchev–Trinajstić information content (AvgIpc) is 2.54. The summed E-state index contributed by atoms with van der Waals surface area (Å²) in [4.78, 5) is 28.5. The van der Waals surface area contributed by atoms with Crippen LogP contribution < -0.4 is 5.32 Å². The Hall–Kier alpha value is -1.26. The Bertz CT molecular complexity index is 440. The number of nitrogens with one attached hydrogen (secondary N) is 1. The normalized spacial score (nSPS) is 25.8. The van der Waals surface area contributed by atoms with Crippen LogP contribution in [0.1, 0.15) is 60.3 Å². The molecule has 1 N–H and O–H groups in total. The Balaban J connectivity index is 1.75. The van der Waals surface area contributed by atoms with E-state index in [1.807, 2.05) is 30.6 Å². The first-order chi connectivity index (χ1) is 11.2. The maximum Gasteiger partial charge on any atom is 0.317 e. The lowest BCUT2D eigenvalue weighted by Gasteiger charge is -2.38. The third-order valence-corrected chi connectivity index (χ3v) is 5.54. The standard InChI is InChI=1S/C19H35N3O2/c1-14(2)15-6-8-16(9-7-15)20-18(24)22-12-10-21(11-13-22)17(23)19(3,4)5/h14-16H,6-13H2,1-5H3,(H,20,24)/t15-,16-. The molecule has 3 amide bonds. The highest BCUT2D eigenvalue weighted by molar-refractivity contribution is 5.82. The minimum atomic E-state index is -0.348. The summed E-state index contributed by atoms with van der Waals surface area (Å²) in [5.41, 5.74) is -0.348. The van der Waals surface area contributed by atoms with Gasteiger partial charge in [0.15, 0.2) is 0 Å². The van der Waals surface area contributed by atoms with Crippen LogP contribution in [-0.2, 0) is 4.79 Å². The molecule has 24 heavy (non-hydrogen) atoms. The van der Waals surface area contributed by atoms with Crippen molar-refractivity contribution in [2.75, 3.05) is 26.2 Å². The first-order valence-corrected chi connectivity index (χ1v) is 9.53. The smallest absolute Gasteiger partial charge is 0.317 e. The number of urea groups is 1. The number of hydrogen-bond donors (Lipinski definition) is 1. The molecule has 0 bridgehead atoms. The van der Waals surface area contributed by atoms with Gasteiger partial charge in [-0.25, -0.2) is 4.79 Å². The lowest BCUT2D eigenvalue weighted by Crippen LogP contribution is -2.56. The molecule has 0 aromatic rings. The molecule has 0 atom stereocenters. The zero-order valence-corrected chi connectivity index (χ0v) is 16.1. The number of carbonyl (C=O) groups is 2. The van der Waals surface area contributed by atoms with Crippen molar-refractivity contribution >= 4 is 11.9 Å². The molecule has 0 aromatic carbocycles. The zero-order chi connectivity index (χ0) is 17.9. The molecule has 1 saturated heterocycles. The summed E-state index contributed by atoms with van der Waals surface area (Å²) in [6.45, 7) is 13.0. The Morgan fingerprint density at radius 3 is 1.88 bits per heavy atom. The van der Waals surface area contributed by atoms with Crippen molar-refractivity contribution in [2.45, 2.75) is 66.3 Å². The maximum absolute atomic E-state index is 12.5. The van der Waals surface area contributed by atoms with Gasteiger partial charge in [-0.2, -0.15) is 0 Å². The number of nitrogens with zero attached hydrogens (tertiary/aromatic N) is 2. The predicted octanol–water partition coefficient (Wildman–Crippen LogP) is 3.10. The topological polar surface area (TPSA) is 52.7 Å². The minimum absolute atomic E-state index is 0.0471. The van der Waals surface area contributed by atoms with Crippen molar-refractivity contribution < 1.29 is 9.59 Å². The van der Waals surface area contributed by atoms with Gasteiger partial charge in [0.2, 0.25) is 5.91 Å². The summed E-state index contributed by atoms with van der Waals surface area (Å²) in [7, 11) is 0. The van der Waals surface area contributed by atoms with Gasteiger partial charge in [0, 0.05) is 37.6 Å². The fourth-order valence-corrected chi connectivity index (χ4v) is 3.78. The molecule has 1 aliphatic heterocycles. The van der Waals surface area contributed by atoms with Crippen LogP contribution >= 0.6 is 0 Å². The van der Waals surface area contributed by atoms with E-state index in [1.54, 1.807) is 0 Å². The van der Waals surface area contributed by atoms with Gasteiger partial charge in [-0.15, -0.1) is 0 Å². The Kier molecular flexibility index (Phi) is 6.16. The maximum atomic E-state index is 12.5. The van der Waals surface area contributed by atoms with Crippen molar-refractivity contribution in [1.29, 1.82) is 0 Å². The summed E-state index contributed by atoms with van der Waals surface area (Å²) in [5, 5.41) is 3.21. The molecule has 0 aromatic heterocycles. The Morgan fingerprint density at radius 1 is 0.917 bits per heavy atom. The van der Waals surface area contributed by atoms with E-state index in [0.29, 0.717) is 32.2 Å². The lowest BCUT2D eigenvalue weighted by atomic mass is 9.80. The van der Waals surface area contributed by atoms with E-state index in [4.69, 9.17) is 0 Å². The second-order valence-electron chi connectivity index (χ2n) is 8.83. The summed E-state index contributed by atoms with van der Waals surface area (Å²) in [6, 6.07) is 0.368. The van der Waals surface area contributed by atoms with Crippen LogP contribution in [0.25, 0.3) is 0 Å². The minimum Gasteiger partial charge on any atom is -0.339 e. The zero-order valence-electron chi connectivity index (χ0n) is 16.1. The molecule has 1 heterocycles. The van der Waals surface area contributed by atoms with E-state index in [1.165, 1.54) is 12.8 Å². The number of amides is 3. The highest BCUT2D eigenvalue weighted by atomic mass is 16.2. The number of piperazine rings is 1. The van der Waals surface area contributed by atoms with Crippen molar-refractivity contribution in [3.05, 3.63) is 0 Å². The van der Waals surface area contributed by atoms with Gasteiger partial charge in [-0.3, -0.25) is 4.79 Å². The first kappa shape index (κ1) is 19.1. The first-order valence-electron chi connectivity index (χ1n) is 9.53. The van der Waals surface area contributed by atoms with Gasteiger partial charge in [0.25, 0.3) is 0 Å². The number of rotatable bonds is 2. The largest absolute Gasteiger partial charge is 0.339 e. The van der Waals surface area contributed by atoms with E-state index in [0.717, 1.165) is 24.7 Å². The molecule has 2 rings (SSSR count). The summed E-state index contributed by atoms with van der Waals surface area (Å²) in [5.74, 6) is 1.73. The van der Waals surface area contributed by atoms with Crippen molar-refractivity contribution in [2.24, 2.45) is 17.3 Å². The fraction of sp³-hybridized carbons (Fsp3) is 0.895. The average molecular weight is 338 g/mol. The molecule has 5 nitrogen and oxygen atoms in total. The van der Waals surface area contributed by atoms with Gasteiger partial charge in [0.05, 0.1) is 0 Å². The highest BCUT2D eigenvalue weighted by Crippen LogP contribution is 2.30. The van der Waals surface area contributed by atoms with Crippen LogP contribution in [0.2, 0.25) is 0 Å². The summed E-state index contributed by atoms with van der Waals surface area (Å²) >= 11 is 0. The van der Waals surface area contributed by atoms with Gasteiger partial charge in [-0.05, 0) is 37.5 Å². The van der Waals surface area contributed by atoms with E-state index in [9.17, 15) is 9.59 Å². The number of hydrogen-bond acceptors (Lipinski definition) is 2. The quantitative estimate of drug-likeness (QED) is 0.842. The van der Waals surface area contributed by atoms with Gasteiger partial charge in [-0.1, -0.05) is 34.6 Å². The van der Waals surface area contributed by atoms with Gasteiger partial charge in [0.1, 0.15) is 0 Å². The molecule has 138 valence electrons. The molecule has 1 saturated carbocycles. The Labute approximate surface area is 147 Å². The molecule has 0 unspecified atom stereocenters. The fourth-order valence-electron chi connectivity index (χ4n) is 3.78. The summed E-state index contributed by atoms with van der Waals surface area (Å²) in [6.07, 6.45) is 4.63. The van der Waals surface area contributed by atoms with E-state index in [-0.39, 0.29) is 17.4 Å². The van der Waals surface area contributed by atoms with E-state index < -0.39 is 0 Å². The summed E-state index contributed by atoms with van der Waals surface area (Å²) < 4.78 is 0. The predicted molar refractivity (Wildman–Crippen MR) is 96.7 cm³/mol. The van der Waals surface area contributed by atoms with Gasteiger partial charge >= 0.3 is 6.03 Å². The van der Waals surface area contributed by atoms with Crippen LogP contribution in [-0.4, -0.2) is 54.0 Å². The van der Waals surface area contributed by atoms with Crippen molar-refractivity contribution in [1.82, 2.24) is 15.1 Å². The number of carbonyl (C=O) groups excluding carboxylic acids is 2. The molecule has 1 aliphatic carbocycles. The molecular formula is C19H35N3O2. The molecule has 0 spiro atoms. The van der Waals surface area contributed by atoms with Crippen molar-refractivity contribution in [3.8, 4) is 0 Å². The molecule has 2 fully saturated rings. The highest BCUT2D eigenvalue weighted by Gasteiger charge is 2.31. The molecular weight excluding hydrogens is 302 g/mol. The van der Waals surface area contributed by atoms with Crippen LogP contribution in [0.4, 0.5) is 4.79 Å². The third kappa shape index (κ3) is 4.87. The van der Waals surface area contributed by atoms with E-state index in [2.05, 4.69) is 19.2 Å². The van der Waals surface area contributed by atoms with Crippen LogP contribution in [0, 0.1) is 17.3 Å². The van der Waals surface area contributed by atoms with E-state index >= 15 is 0 Å². The SMILES string of the molecule is CC(C)[C@H]1CC[C@H](NC(=O)N2CCN(C(=O)C(C)(C)C)CC2)CC1. The second-order valence-corrected chi connectivity index (χ2v) is 8.83. The van der Waals surface area contributed by atoms with Crippen molar-refractivity contribution in [3.63, 3.8) is 0 Å². The monoisotopic (exact) mass is 337 g/mol. The van der Waals surface area contributed by atoms with Crippen LogP contribution in [0.3, 0.4) is 0 Å². The molecule has 5 heteroatoms. The van der Waals surface area contributed by atoms with Crippen LogP contribution in [0.5, 0.6) is 0 Å². The Morgan fingerprint density at radius 2 is 1.42 bits per heavy atom.